The smallest absolute Gasteiger partial charge is 0.320 e. The molecule has 0 spiro atoms. The first-order chi connectivity index (χ1) is 13.8. The maximum absolute atomic E-state index is 14.0. The van der Waals surface area contributed by atoms with Gasteiger partial charge in [-0.15, -0.1) is 0 Å². The minimum Gasteiger partial charge on any atom is -0.331 e. The van der Waals surface area contributed by atoms with Crippen LogP contribution in [0.15, 0.2) is 42.5 Å². The van der Waals surface area contributed by atoms with E-state index in [0.717, 1.165) is 31.7 Å². The molecule has 154 valence electrons. The molecule has 4 nitrogen and oxygen atoms in total. The van der Waals surface area contributed by atoms with Gasteiger partial charge in [0.05, 0.1) is 6.04 Å². The van der Waals surface area contributed by atoms with Crippen LogP contribution in [0.4, 0.5) is 9.18 Å². The molecule has 0 aliphatic carbocycles. The fourth-order valence-electron chi connectivity index (χ4n) is 5.16. The van der Waals surface area contributed by atoms with Crippen molar-refractivity contribution in [2.45, 2.75) is 26.4 Å². The second-order valence-corrected chi connectivity index (χ2v) is 8.82. The molecule has 2 aromatic carbocycles. The lowest BCUT2D eigenvalue weighted by atomic mass is 9.89. The number of carbonyl (C=O) groups is 1. The average molecular weight is 396 g/mol. The van der Waals surface area contributed by atoms with Gasteiger partial charge in [0.1, 0.15) is 5.82 Å². The highest BCUT2D eigenvalue weighted by Gasteiger charge is 2.49. The zero-order chi connectivity index (χ0) is 20.7. The zero-order valence-corrected chi connectivity index (χ0v) is 17.7. The van der Waals surface area contributed by atoms with Crippen molar-refractivity contribution >= 4 is 6.03 Å². The van der Waals surface area contributed by atoms with Gasteiger partial charge in [-0.3, -0.25) is 4.90 Å². The fraction of sp³-hybridized carbons (Fsp3) is 0.458. The molecule has 4 rings (SSSR count). The summed E-state index contributed by atoms with van der Waals surface area (Å²) in [6.07, 6.45) is 0. The molecular weight excluding hydrogens is 365 g/mol. The van der Waals surface area contributed by atoms with Crippen molar-refractivity contribution in [1.82, 2.24) is 14.7 Å². The number of aryl methyl sites for hydroxylation is 2. The summed E-state index contributed by atoms with van der Waals surface area (Å²) in [6, 6.07) is 13.2. The zero-order valence-electron chi connectivity index (χ0n) is 17.7. The highest BCUT2D eigenvalue weighted by Crippen LogP contribution is 2.45. The summed E-state index contributed by atoms with van der Waals surface area (Å²) in [7, 11) is 3.57. The van der Waals surface area contributed by atoms with E-state index < -0.39 is 0 Å². The molecule has 2 aliphatic heterocycles. The Bertz CT molecular complexity index is 892. The molecule has 29 heavy (non-hydrogen) atoms. The van der Waals surface area contributed by atoms with E-state index in [1.807, 2.05) is 11.0 Å². The third kappa shape index (κ3) is 3.76. The minimum absolute atomic E-state index is 0.00922. The Hall–Kier alpha value is -2.40. The van der Waals surface area contributed by atoms with Crippen molar-refractivity contribution in [3.63, 3.8) is 0 Å². The number of urea groups is 1. The normalized spacial score (nSPS) is 24.0. The van der Waals surface area contributed by atoms with E-state index in [0.29, 0.717) is 11.8 Å². The van der Waals surface area contributed by atoms with Gasteiger partial charge >= 0.3 is 6.03 Å². The van der Waals surface area contributed by atoms with Crippen LogP contribution >= 0.6 is 0 Å². The quantitative estimate of drug-likeness (QED) is 0.778. The lowest BCUT2D eigenvalue weighted by Crippen LogP contribution is -2.41. The predicted octanol–water partition coefficient (Wildman–Crippen LogP) is 4.23. The van der Waals surface area contributed by atoms with Gasteiger partial charge in [0.25, 0.3) is 0 Å². The first-order valence-corrected chi connectivity index (χ1v) is 10.4. The summed E-state index contributed by atoms with van der Waals surface area (Å²) in [5, 5.41) is 0. The van der Waals surface area contributed by atoms with Crippen LogP contribution in [0.2, 0.25) is 0 Å². The number of carbonyl (C=O) groups excluding carboxylic acids is 1. The van der Waals surface area contributed by atoms with Crippen LogP contribution in [0, 0.1) is 31.5 Å². The molecular formula is C24H30FN3O. The summed E-state index contributed by atoms with van der Waals surface area (Å²) < 4.78 is 14.0. The van der Waals surface area contributed by atoms with Gasteiger partial charge in [0.2, 0.25) is 0 Å². The first kappa shape index (κ1) is 19.9. The first-order valence-electron chi connectivity index (χ1n) is 10.4. The van der Waals surface area contributed by atoms with Crippen molar-refractivity contribution in [3.8, 4) is 0 Å². The van der Waals surface area contributed by atoms with E-state index in [2.05, 4.69) is 36.9 Å². The molecule has 0 saturated carbocycles. The van der Waals surface area contributed by atoms with Crippen LogP contribution in [0.5, 0.6) is 0 Å². The Kier molecular flexibility index (Phi) is 5.34. The van der Waals surface area contributed by atoms with E-state index in [-0.39, 0.29) is 17.9 Å². The third-order valence-electron chi connectivity index (χ3n) is 6.58. The van der Waals surface area contributed by atoms with E-state index in [1.165, 1.54) is 22.8 Å². The molecule has 0 aromatic heterocycles. The van der Waals surface area contributed by atoms with Gasteiger partial charge in [-0.2, -0.15) is 0 Å². The number of hydrogen-bond acceptors (Lipinski definition) is 2. The lowest BCUT2D eigenvalue weighted by Gasteiger charge is -2.32. The van der Waals surface area contributed by atoms with Gasteiger partial charge < -0.3 is 9.80 Å². The van der Waals surface area contributed by atoms with Crippen LogP contribution in [0.1, 0.15) is 28.3 Å². The summed E-state index contributed by atoms with van der Waals surface area (Å²) in [6.45, 7) is 7.91. The van der Waals surface area contributed by atoms with E-state index in [9.17, 15) is 9.18 Å². The van der Waals surface area contributed by atoms with Gasteiger partial charge in [-0.05, 0) is 54.2 Å². The predicted molar refractivity (Wildman–Crippen MR) is 113 cm³/mol. The number of fused-ring (bicyclic) bond motifs is 1. The molecule has 3 atom stereocenters. The third-order valence-corrected chi connectivity index (χ3v) is 6.58. The Labute approximate surface area is 172 Å². The molecule has 2 amide bonds. The molecule has 0 bridgehead atoms. The van der Waals surface area contributed by atoms with Gasteiger partial charge in [0, 0.05) is 46.2 Å². The largest absolute Gasteiger partial charge is 0.331 e. The van der Waals surface area contributed by atoms with E-state index >= 15 is 0 Å². The molecule has 0 radical (unpaired) electrons. The van der Waals surface area contributed by atoms with Crippen LogP contribution in [-0.2, 0) is 6.54 Å². The maximum Gasteiger partial charge on any atom is 0.320 e. The standard InChI is InChI=1S/C24H30FN3O/c1-16-7-5-8-17(2)21(16)14-27-12-19-13-28(24(29)26(3)4)23(22(19)15-27)18-9-6-10-20(25)11-18/h5-11,19,22-23H,12-15H2,1-4H3/t19-,22-,23-/m1/s1. The number of likely N-dealkylation sites (tertiary alicyclic amines) is 2. The molecule has 2 aromatic rings. The van der Waals surface area contributed by atoms with Crippen molar-refractivity contribution < 1.29 is 9.18 Å². The van der Waals surface area contributed by atoms with Gasteiger partial charge in [-0.1, -0.05) is 30.3 Å². The minimum atomic E-state index is -0.242. The molecule has 0 N–H and O–H groups in total. The molecule has 2 heterocycles. The van der Waals surface area contributed by atoms with Crippen LogP contribution < -0.4 is 0 Å². The SMILES string of the molecule is Cc1cccc(C)c1CN1C[C@@H]2CN(C(=O)N(C)C)[C@H](c3cccc(F)c3)[C@@H]2C1. The average Bonchev–Trinajstić information content (AvgIpc) is 3.21. The monoisotopic (exact) mass is 395 g/mol. The summed E-state index contributed by atoms with van der Waals surface area (Å²) in [5.41, 5.74) is 4.96. The highest BCUT2D eigenvalue weighted by molar-refractivity contribution is 5.75. The highest BCUT2D eigenvalue weighted by atomic mass is 19.1. The van der Waals surface area contributed by atoms with E-state index in [4.69, 9.17) is 0 Å². The second-order valence-electron chi connectivity index (χ2n) is 8.82. The number of amides is 2. The lowest BCUT2D eigenvalue weighted by molar-refractivity contribution is 0.151. The fourth-order valence-corrected chi connectivity index (χ4v) is 5.16. The number of halogens is 1. The summed E-state index contributed by atoms with van der Waals surface area (Å²) in [4.78, 5) is 18.9. The van der Waals surface area contributed by atoms with Crippen molar-refractivity contribution in [2.75, 3.05) is 33.7 Å². The molecule has 5 heteroatoms. The van der Waals surface area contributed by atoms with Gasteiger partial charge in [-0.25, -0.2) is 9.18 Å². The van der Waals surface area contributed by atoms with Gasteiger partial charge in [0.15, 0.2) is 0 Å². The molecule has 2 saturated heterocycles. The Morgan fingerprint density at radius 1 is 1.07 bits per heavy atom. The Balaban J connectivity index is 1.59. The molecule has 2 aliphatic rings. The summed E-state index contributed by atoms with van der Waals surface area (Å²) >= 11 is 0. The molecule has 0 unspecified atom stereocenters. The van der Waals surface area contributed by atoms with Crippen LogP contribution in [0.25, 0.3) is 0 Å². The van der Waals surface area contributed by atoms with Crippen LogP contribution in [0.3, 0.4) is 0 Å². The van der Waals surface area contributed by atoms with Crippen LogP contribution in [-0.4, -0.2) is 54.5 Å². The maximum atomic E-state index is 14.0. The van der Waals surface area contributed by atoms with Crippen molar-refractivity contribution in [3.05, 3.63) is 70.5 Å². The number of hydrogen-bond donors (Lipinski definition) is 0. The summed E-state index contributed by atoms with van der Waals surface area (Å²) in [5.74, 6) is 0.495. The number of nitrogens with zero attached hydrogens (tertiary/aromatic N) is 3. The number of rotatable bonds is 3. The molecule has 2 fully saturated rings. The Morgan fingerprint density at radius 3 is 2.41 bits per heavy atom. The number of benzene rings is 2. The van der Waals surface area contributed by atoms with E-state index in [1.54, 1.807) is 31.1 Å². The van der Waals surface area contributed by atoms with Crippen molar-refractivity contribution in [2.24, 2.45) is 11.8 Å². The van der Waals surface area contributed by atoms with Crippen molar-refractivity contribution in [1.29, 1.82) is 0 Å². The second kappa shape index (κ2) is 7.79. The Morgan fingerprint density at radius 2 is 1.76 bits per heavy atom. The topological polar surface area (TPSA) is 26.8 Å².